The maximum atomic E-state index is 4.56. The highest BCUT2D eigenvalue weighted by Gasteiger charge is 2.23. The van der Waals surface area contributed by atoms with Crippen LogP contribution in [0.5, 0.6) is 0 Å². The fraction of sp³-hybridized carbons (Fsp3) is 0.706. The second kappa shape index (κ2) is 7.75. The summed E-state index contributed by atoms with van der Waals surface area (Å²) >= 11 is 0. The van der Waals surface area contributed by atoms with Crippen LogP contribution in [0.3, 0.4) is 0 Å². The first kappa shape index (κ1) is 15.5. The predicted octanol–water partition coefficient (Wildman–Crippen LogP) is 2.99. The van der Waals surface area contributed by atoms with Gasteiger partial charge in [0.25, 0.3) is 0 Å². The van der Waals surface area contributed by atoms with Crippen LogP contribution < -0.4 is 5.32 Å². The molecule has 0 aliphatic carbocycles. The van der Waals surface area contributed by atoms with E-state index in [-0.39, 0.29) is 0 Å². The van der Waals surface area contributed by atoms with E-state index in [9.17, 15) is 0 Å². The Balaban J connectivity index is 1.74. The Bertz CT molecular complexity index is 397. The van der Waals surface area contributed by atoms with Gasteiger partial charge in [-0.15, -0.1) is 0 Å². The number of rotatable bonds is 6. The van der Waals surface area contributed by atoms with Crippen LogP contribution in [-0.2, 0) is 6.54 Å². The highest BCUT2D eigenvalue weighted by molar-refractivity contribution is 5.09. The van der Waals surface area contributed by atoms with Crippen molar-refractivity contribution in [3.05, 3.63) is 29.6 Å². The third-order valence-electron chi connectivity index (χ3n) is 4.43. The molecule has 2 heterocycles. The first-order valence-electron chi connectivity index (χ1n) is 8.07. The summed E-state index contributed by atoms with van der Waals surface area (Å²) in [6, 6.07) is 6.83. The predicted molar refractivity (Wildman–Crippen MR) is 84.7 cm³/mol. The van der Waals surface area contributed by atoms with Gasteiger partial charge in [0.2, 0.25) is 0 Å². The third kappa shape index (κ3) is 4.57. The van der Waals surface area contributed by atoms with E-state index >= 15 is 0 Å². The smallest absolute Gasteiger partial charge is 0.0544 e. The van der Waals surface area contributed by atoms with Crippen molar-refractivity contribution >= 4 is 0 Å². The maximum Gasteiger partial charge on any atom is 0.0544 e. The Kier molecular flexibility index (Phi) is 5.99. The Morgan fingerprint density at radius 3 is 2.75 bits per heavy atom. The minimum absolute atomic E-state index is 0.584. The number of aromatic nitrogens is 1. The third-order valence-corrected chi connectivity index (χ3v) is 4.43. The molecule has 1 aromatic heterocycles. The zero-order valence-electron chi connectivity index (χ0n) is 13.2. The van der Waals surface area contributed by atoms with Gasteiger partial charge in [0.05, 0.1) is 5.69 Å². The van der Waals surface area contributed by atoms with Crippen molar-refractivity contribution in [3.63, 3.8) is 0 Å². The van der Waals surface area contributed by atoms with E-state index < -0.39 is 0 Å². The largest absolute Gasteiger partial charge is 0.308 e. The van der Waals surface area contributed by atoms with E-state index in [2.05, 4.69) is 54.2 Å². The van der Waals surface area contributed by atoms with E-state index in [0.29, 0.717) is 6.04 Å². The van der Waals surface area contributed by atoms with Gasteiger partial charge in [-0.3, -0.25) is 4.98 Å². The van der Waals surface area contributed by atoms with Gasteiger partial charge in [-0.05, 0) is 70.8 Å². The molecule has 1 aliphatic heterocycles. The van der Waals surface area contributed by atoms with Gasteiger partial charge in [0.1, 0.15) is 0 Å². The molecule has 1 N–H and O–H groups in total. The number of pyridine rings is 1. The first-order valence-corrected chi connectivity index (χ1v) is 8.07. The molecule has 0 spiro atoms. The molecule has 3 nitrogen and oxygen atoms in total. The molecule has 1 aliphatic rings. The molecule has 1 fully saturated rings. The molecule has 20 heavy (non-hydrogen) atoms. The normalized spacial score (nSPS) is 19.1. The van der Waals surface area contributed by atoms with E-state index in [1.807, 2.05) is 0 Å². The van der Waals surface area contributed by atoms with Gasteiger partial charge < -0.3 is 10.2 Å². The second-order valence-electron chi connectivity index (χ2n) is 6.12. The van der Waals surface area contributed by atoms with Crippen molar-refractivity contribution < 1.29 is 0 Å². The lowest BCUT2D eigenvalue weighted by atomic mass is 9.90. The van der Waals surface area contributed by atoms with Crippen molar-refractivity contribution in [1.29, 1.82) is 0 Å². The summed E-state index contributed by atoms with van der Waals surface area (Å²) in [4.78, 5) is 7.16. The van der Waals surface area contributed by atoms with Crippen LogP contribution in [0.15, 0.2) is 18.2 Å². The zero-order valence-corrected chi connectivity index (χ0v) is 13.2. The van der Waals surface area contributed by atoms with Gasteiger partial charge >= 0.3 is 0 Å². The summed E-state index contributed by atoms with van der Waals surface area (Å²) in [6.45, 7) is 11.3. The molecular formula is C17H29N3. The van der Waals surface area contributed by atoms with E-state index in [1.54, 1.807) is 0 Å². The van der Waals surface area contributed by atoms with Gasteiger partial charge in [0.15, 0.2) is 0 Å². The highest BCUT2D eigenvalue weighted by Crippen LogP contribution is 2.20. The Labute approximate surface area is 123 Å². The van der Waals surface area contributed by atoms with Gasteiger partial charge in [-0.2, -0.15) is 0 Å². The molecule has 0 amide bonds. The number of piperidine rings is 1. The molecule has 1 unspecified atom stereocenters. The van der Waals surface area contributed by atoms with E-state index in [1.165, 1.54) is 38.9 Å². The Morgan fingerprint density at radius 2 is 2.10 bits per heavy atom. The first-order chi connectivity index (χ1) is 9.69. The SMILES string of the molecule is CCCN1CCC(C(C)NCc2cccc(C)n2)CC1. The number of nitrogens with one attached hydrogen (secondary N) is 1. The summed E-state index contributed by atoms with van der Waals surface area (Å²) in [6.07, 6.45) is 3.93. The van der Waals surface area contributed by atoms with Crippen LogP contribution in [-0.4, -0.2) is 35.6 Å². The number of hydrogen-bond donors (Lipinski definition) is 1. The lowest BCUT2D eigenvalue weighted by molar-refractivity contribution is 0.162. The number of likely N-dealkylation sites (tertiary alicyclic amines) is 1. The van der Waals surface area contributed by atoms with Crippen LogP contribution >= 0.6 is 0 Å². The topological polar surface area (TPSA) is 28.2 Å². The monoisotopic (exact) mass is 275 g/mol. The van der Waals surface area contributed by atoms with Crippen molar-refractivity contribution in [3.8, 4) is 0 Å². The highest BCUT2D eigenvalue weighted by atomic mass is 15.1. The minimum Gasteiger partial charge on any atom is -0.308 e. The summed E-state index contributed by atoms with van der Waals surface area (Å²) in [7, 11) is 0. The lowest BCUT2D eigenvalue weighted by Crippen LogP contribution is -2.42. The summed E-state index contributed by atoms with van der Waals surface area (Å²) < 4.78 is 0. The van der Waals surface area contributed by atoms with Crippen molar-refractivity contribution in [2.75, 3.05) is 19.6 Å². The second-order valence-corrected chi connectivity index (χ2v) is 6.12. The van der Waals surface area contributed by atoms with Crippen molar-refractivity contribution in [2.24, 2.45) is 5.92 Å². The van der Waals surface area contributed by atoms with Gasteiger partial charge in [-0.1, -0.05) is 13.0 Å². The van der Waals surface area contributed by atoms with Crippen LogP contribution in [0.1, 0.15) is 44.5 Å². The lowest BCUT2D eigenvalue weighted by Gasteiger charge is -2.35. The van der Waals surface area contributed by atoms with E-state index in [4.69, 9.17) is 0 Å². The van der Waals surface area contributed by atoms with E-state index in [0.717, 1.165) is 23.9 Å². The summed E-state index contributed by atoms with van der Waals surface area (Å²) in [5, 5.41) is 3.66. The van der Waals surface area contributed by atoms with Gasteiger partial charge in [-0.25, -0.2) is 0 Å². The average molecular weight is 275 g/mol. The summed E-state index contributed by atoms with van der Waals surface area (Å²) in [5.41, 5.74) is 2.25. The fourth-order valence-electron chi connectivity index (χ4n) is 3.12. The van der Waals surface area contributed by atoms with Crippen LogP contribution in [0.4, 0.5) is 0 Å². The molecule has 1 aromatic rings. The molecule has 0 aromatic carbocycles. The molecule has 3 heteroatoms. The Morgan fingerprint density at radius 1 is 1.35 bits per heavy atom. The van der Waals surface area contributed by atoms with Gasteiger partial charge in [0, 0.05) is 18.3 Å². The minimum atomic E-state index is 0.584. The molecule has 0 bridgehead atoms. The van der Waals surface area contributed by atoms with Crippen molar-refractivity contribution in [1.82, 2.24) is 15.2 Å². The van der Waals surface area contributed by atoms with Crippen molar-refractivity contribution in [2.45, 2.75) is 52.6 Å². The fourth-order valence-corrected chi connectivity index (χ4v) is 3.12. The molecule has 0 radical (unpaired) electrons. The van der Waals surface area contributed by atoms with Crippen LogP contribution in [0, 0.1) is 12.8 Å². The standard InChI is InChI=1S/C17H29N3/c1-4-10-20-11-8-16(9-12-20)15(3)18-13-17-7-5-6-14(2)19-17/h5-7,15-16,18H,4,8-13H2,1-3H3. The molecule has 0 saturated carbocycles. The maximum absolute atomic E-state index is 4.56. The number of nitrogens with zero attached hydrogens (tertiary/aromatic N) is 2. The Hall–Kier alpha value is -0.930. The molecular weight excluding hydrogens is 246 g/mol. The molecule has 112 valence electrons. The summed E-state index contributed by atoms with van der Waals surface area (Å²) in [5.74, 6) is 0.813. The molecule has 2 rings (SSSR count). The van der Waals surface area contributed by atoms with Crippen LogP contribution in [0.2, 0.25) is 0 Å². The zero-order chi connectivity index (χ0) is 14.4. The molecule has 1 saturated heterocycles. The number of hydrogen-bond acceptors (Lipinski definition) is 3. The molecule has 1 atom stereocenters. The quantitative estimate of drug-likeness (QED) is 0.865. The van der Waals surface area contributed by atoms with Crippen LogP contribution in [0.25, 0.3) is 0 Å². The number of aryl methyl sites for hydroxylation is 1. The average Bonchev–Trinajstić information content (AvgIpc) is 2.46.